The zero-order valence-corrected chi connectivity index (χ0v) is 21.2. The largest absolute Gasteiger partial charge is 0.383 e. The van der Waals surface area contributed by atoms with Crippen molar-refractivity contribution in [3.63, 3.8) is 0 Å². The Morgan fingerprint density at radius 2 is 1.66 bits per heavy atom. The summed E-state index contributed by atoms with van der Waals surface area (Å²) in [7, 11) is 1.57. The SMILES string of the molecule is COCCN(CCN1C(=O)c2ccccc2C1=O)c1ccc(/N=N/c2sc([N+](=O)[O-])cc2[N+](=O)[O-])c(C)c1. The number of fused-ring (bicyclic) bond motifs is 1. The molecule has 1 aliphatic rings. The predicted molar refractivity (Wildman–Crippen MR) is 139 cm³/mol. The molecule has 0 saturated carbocycles. The van der Waals surface area contributed by atoms with Crippen molar-refractivity contribution < 1.29 is 24.2 Å². The number of aryl methyl sites for hydroxylation is 1. The van der Waals surface area contributed by atoms with Crippen molar-refractivity contribution in [3.8, 4) is 0 Å². The molecule has 38 heavy (non-hydrogen) atoms. The van der Waals surface area contributed by atoms with E-state index in [4.69, 9.17) is 4.74 Å². The molecule has 0 spiro atoms. The smallest absolute Gasteiger partial charge is 0.333 e. The Balaban J connectivity index is 1.52. The van der Waals surface area contributed by atoms with Crippen LogP contribution in [0.3, 0.4) is 0 Å². The standard InChI is InChI=1S/C24H22N6O7S/c1-15-13-16(7-8-19(15)25-26-22-20(29(33)34)14-21(38-22)30(35)36)27(11-12-37-2)9-10-28-23(31)17-5-3-4-6-18(17)24(28)32/h3-8,13-14H,9-12H2,1-2H3/b26-25+. The molecule has 2 heterocycles. The molecule has 0 fully saturated rings. The van der Waals surface area contributed by atoms with E-state index in [9.17, 15) is 29.8 Å². The van der Waals surface area contributed by atoms with E-state index in [-0.39, 0.29) is 23.4 Å². The molecule has 0 N–H and O–H groups in total. The molecule has 3 aromatic rings. The molecular weight excluding hydrogens is 516 g/mol. The molecule has 0 bridgehead atoms. The van der Waals surface area contributed by atoms with Crippen LogP contribution in [0.4, 0.5) is 27.1 Å². The molecule has 196 valence electrons. The van der Waals surface area contributed by atoms with Crippen molar-refractivity contribution in [1.82, 2.24) is 4.90 Å². The van der Waals surface area contributed by atoms with Crippen LogP contribution in [-0.2, 0) is 4.74 Å². The van der Waals surface area contributed by atoms with Crippen LogP contribution in [0, 0.1) is 27.2 Å². The fourth-order valence-electron chi connectivity index (χ4n) is 3.93. The second kappa shape index (κ2) is 11.2. The van der Waals surface area contributed by atoms with Gasteiger partial charge in [-0.05, 0) is 54.2 Å². The van der Waals surface area contributed by atoms with Gasteiger partial charge in [-0.3, -0.25) is 34.7 Å². The van der Waals surface area contributed by atoms with Crippen LogP contribution < -0.4 is 4.90 Å². The molecular formula is C24H22N6O7S. The highest BCUT2D eigenvalue weighted by Crippen LogP contribution is 2.42. The summed E-state index contributed by atoms with van der Waals surface area (Å²) in [6.45, 7) is 3.22. The second-order valence-corrected chi connectivity index (χ2v) is 9.26. The summed E-state index contributed by atoms with van der Waals surface area (Å²) in [5, 5.41) is 29.6. The number of amides is 2. The monoisotopic (exact) mass is 538 g/mol. The van der Waals surface area contributed by atoms with Crippen molar-refractivity contribution in [3.05, 3.63) is 85.4 Å². The summed E-state index contributed by atoms with van der Waals surface area (Å²) in [5.41, 5.74) is 2.20. The fraction of sp³-hybridized carbons (Fsp3) is 0.250. The number of anilines is 1. The summed E-state index contributed by atoms with van der Waals surface area (Å²) in [6.07, 6.45) is 0. The van der Waals surface area contributed by atoms with E-state index in [1.165, 1.54) is 4.90 Å². The molecule has 4 rings (SSSR count). The number of nitro groups is 2. The predicted octanol–water partition coefficient (Wildman–Crippen LogP) is 5.04. The van der Waals surface area contributed by atoms with Gasteiger partial charge in [-0.1, -0.05) is 12.1 Å². The fourth-order valence-corrected chi connectivity index (χ4v) is 4.70. The maximum atomic E-state index is 12.7. The van der Waals surface area contributed by atoms with E-state index < -0.39 is 20.5 Å². The lowest BCUT2D eigenvalue weighted by atomic mass is 10.1. The Bertz CT molecular complexity index is 1420. The van der Waals surface area contributed by atoms with Gasteiger partial charge in [0.1, 0.15) is 6.07 Å². The molecule has 0 radical (unpaired) electrons. The quantitative estimate of drug-likeness (QED) is 0.142. The van der Waals surface area contributed by atoms with Crippen molar-refractivity contribution in [2.75, 3.05) is 38.3 Å². The molecule has 0 saturated heterocycles. The first-order valence-corrected chi connectivity index (χ1v) is 12.2. The van der Waals surface area contributed by atoms with Crippen LogP contribution in [0.15, 0.2) is 58.8 Å². The zero-order valence-electron chi connectivity index (χ0n) is 20.4. The van der Waals surface area contributed by atoms with Crippen molar-refractivity contribution in [2.45, 2.75) is 6.92 Å². The van der Waals surface area contributed by atoms with E-state index in [0.717, 1.165) is 11.8 Å². The number of rotatable bonds is 11. The van der Waals surface area contributed by atoms with Gasteiger partial charge in [0.15, 0.2) is 0 Å². The lowest BCUT2D eigenvalue weighted by Gasteiger charge is -2.27. The lowest BCUT2D eigenvalue weighted by Crippen LogP contribution is -2.39. The summed E-state index contributed by atoms with van der Waals surface area (Å²) in [5.74, 6) is -0.653. The van der Waals surface area contributed by atoms with Crippen molar-refractivity contribution in [1.29, 1.82) is 0 Å². The van der Waals surface area contributed by atoms with E-state index in [2.05, 4.69) is 10.2 Å². The van der Waals surface area contributed by atoms with Crippen LogP contribution in [-0.4, -0.2) is 59.9 Å². The Labute approximate surface area is 220 Å². The molecule has 13 nitrogen and oxygen atoms in total. The average Bonchev–Trinajstić information content (AvgIpc) is 3.44. The van der Waals surface area contributed by atoms with E-state index >= 15 is 0 Å². The minimum atomic E-state index is -0.740. The highest BCUT2D eigenvalue weighted by atomic mass is 32.1. The summed E-state index contributed by atoms with van der Waals surface area (Å²) in [4.78, 5) is 49.4. The lowest BCUT2D eigenvalue weighted by molar-refractivity contribution is -0.389. The van der Waals surface area contributed by atoms with Gasteiger partial charge < -0.3 is 9.64 Å². The van der Waals surface area contributed by atoms with Crippen LogP contribution in [0.1, 0.15) is 26.3 Å². The Morgan fingerprint density at radius 1 is 0.974 bits per heavy atom. The van der Waals surface area contributed by atoms with E-state index in [0.29, 0.717) is 53.4 Å². The third kappa shape index (κ3) is 5.40. The number of hydrogen-bond donors (Lipinski definition) is 0. The van der Waals surface area contributed by atoms with Gasteiger partial charge in [0.05, 0.1) is 33.3 Å². The number of thiophene rings is 1. The third-order valence-corrected chi connectivity index (χ3v) is 6.85. The summed E-state index contributed by atoms with van der Waals surface area (Å²) >= 11 is 0.570. The highest BCUT2D eigenvalue weighted by Gasteiger charge is 2.35. The molecule has 0 aliphatic carbocycles. The highest BCUT2D eigenvalue weighted by molar-refractivity contribution is 7.19. The van der Waals surface area contributed by atoms with E-state index in [1.54, 1.807) is 50.4 Å². The maximum absolute atomic E-state index is 12.7. The number of carbonyl (C=O) groups is 2. The number of methoxy groups -OCH3 is 1. The van der Waals surface area contributed by atoms with Crippen molar-refractivity contribution in [2.24, 2.45) is 10.2 Å². The second-order valence-electron chi connectivity index (χ2n) is 8.25. The van der Waals surface area contributed by atoms with Gasteiger partial charge in [-0.15, -0.1) is 10.2 Å². The normalized spacial score (nSPS) is 12.8. The number of hydrogen-bond acceptors (Lipinski definition) is 11. The Kier molecular flexibility index (Phi) is 7.83. The molecule has 14 heteroatoms. The molecule has 1 aliphatic heterocycles. The number of imide groups is 1. The first-order valence-electron chi connectivity index (χ1n) is 11.4. The van der Waals surface area contributed by atoms with Gasteiger partial charge in [-0.25, -0.2) is 0 Å². The number of nitrogens with zero attached hydrogens (tertiary/aromatic N) is 6. The topological polar surface area (TPSA) is 161 Å². The number of carbonyl (C=O) groups excluding carboxylic acids is 2. The number of azo groups is 1. The van der Waals surface area contributed by atoms with E-state index in [1.807, 2.05) is 11.0 Å². The van der Waals surface area contributed by atoms with Crippen LogP contribution in [0.5, 0.6) is 0 Å². The minimum Gasteiger partial charge on any atom is -0.383 e. The first kappa shape index (κ1) is 26.5. The van der Waals surface area contributed by atoms with Gasteiger partial charge in [0.2, 0.25) is 5.00 Å². The maximum Gasteiger partial charge on any atom is 0.333 e. The summed E-state index contributed by atoms with van der Waals surface area (Å²) in [6, 6.07) is 12.8. The molecule has 0 atom stereocenters. The van der Waals surface area contributed by atoms with Gasteiger partial charge in [0, 0.05) is 32.4 Å². The number of benzene rings is 2. The van der Waals surface area contributed by atoms with Crippen LogP contribution in [0.25, 0.3) is 0 Å². The zero-order chi connectivity index (χ0) is 27.4. The Hall–Kier alpha value is -4.56. The molecule has 2 aromatic carbocycles. The minimum absolute atomic E-state index is 0.173. The molecule has 2 amide bonds. The Morgan fingerprint density at radius 3 is 2.24 bits per heavy atom. The number of ether oxygens (including phenoxy) is 1. The molecule has 1 aromatic heterocycles. The third-order valence-electron chi connectivity index (χ3n) is 5.89. The summed E-state index contributed by atoms with van der Waals surface area (Å²) < 4.78 is 5.22. The molecule has 0 unspecified atom stereocenters. The van der Waals surface area contributed by atoms with Crippen molar-refractivity contribution >= 4 is 50.2 Å². The first-order chi connectivity index (χ1) is 18.2. The average molecular weight is 539 g/mol. The van der Waals surface area contributed by atoms with Gasteiger partial charge in [-0.2, -0.15) is 0 Å². The van der Waals surface area contributed by atoms with Gasteiger partial charge in [0.25, 0.3) is 11.8 Å². The van der Waals surface area contributed by atoms with Gasteiger partial charge >= 0.3 is 10.7 Å². The van der Waals surface area contributed by atoms with Crippen LogP contribution >= 0.6 is 11.3 Å². The van der Waals surface area contributed by atoms with Crippen LogP contribution in [0.2, 0.25) is 0 Å².